The molecule has 1 atom stereocenters. The number of aromatic hydroxyl groups is 1. The highest BCUT2D eigenvalue weighted by molar-refractivity contribution is 5.96. The number of rotatable bonds is 2. The van der Waals surface area contributed by atoms with Crippen LogP contribution in [0.2, 0.25) is 0 Å². The molecule has 0 aliphatic carbocycles. The van der Waals surface area contributed by atoms with Crippen molar-refractivity contribution in [3.8, 4) is 5.75 Å². The van der Waals surface area contributed by atoms with Gasteiger partial charge in [0.2, 0.25) is 5.91 Å². The van der Waals surface area contributed by atoms with Gasteiger partial charge in [-0.3, -0.25) is 4.79 Å². The number of carbonyl (C=O) groups is 1. The van der Waals surface area contributed by atoms with Crippen LogP contribution in [0.1, 0.15) is 12.8 Å². The normalized spacial score (nSPS) is 20.1. The van der Waals surface area contributed by atoms with E-state index in [0.717, 1.165) is 19.4 Å². The van der Waals surface area contributed by atoms with Crippen LogP contribution >= 0.6 is 0 Å². The predicted molar refractivity (Wildman–Crippen MR) is 57.8 cm³/mol. The number of phenolic OH excluding ortho intramolecular Hbond substituents is 1. The number of phenols is 1. The Labute approximate surface area is 88.3 Å². The summed E-state index contributed by atoms with van der Waals surface area (Å²) in [5.41, 5.74) is 0.469. The van der Waals surface area contributed by atoms with Crippen molar-refractivity contribution in [2.75, 3.05) is 11.9 Å². The van der Waals surface area contributed by atoms with Gasteiger partial charge in [-0.2, -0.15) is 0 Å². The fourth-order valence-corrected chi connectivity index (χ4v) is 1.71. The minimum Gasteiger partial charge on any atom is -0.506 e. The zero-order chi connectivity index (χ0) is 10.7. The van der Waals surface area contributed by atoms with Crippen molar-refractivity contribution in [3.05, 3.63) is 24.3 Å². The maximum Gasteiger partial charge on any atom is 0.241 e. The van der Waals surface area contributed by atoms with E-state index in [2.05, 4.69) is 10.6 Å². The summed E-state index contributed by atoms with van der Waals surface area (Å²) in [6.07, 6.45) is 1.89. The molecule has 3 N–H and O–H groups in total. The number of nitrogens with one attached hydrogen (secondary N) is 2. The first-order chi connectivity index (χ1) is 7.27. The summed E-state index contributed by atoms with van der Waals surface area (Å²) in [7, 11) is 0. The van der Waals surface area contributed by atoms with Gasteiger partial charge in [-0.25, -0.2) is 0 Å². The maximum absolute atomic E-state index is 11.7. The summed E-state index contributed by atoms with van der Waals surface area (Å²) < 4.78 is 0. The molecule has 1 aromatic rings. The van der Waals surface area contributed by atoms with E-state index >= 15 is 0 Å². The number of hydrogen-bond donors (Lipinski definition) is 3. The molecule has 0 radical (unpaired) electrons. The van der Waals surface area contributed by atoms with Crippen molar-refractivity contribution in [1.82, 2.24) is 5.32 Å². The molecule has 4 heteroatoms. The molecule has 2 rings (SSSR count). The zero-order valence-electron chi connectivity index (χ0n) is 8.36. The monoisotopic (exact) mass is 206 g/mol. The van der Waals surface area contributed by atoms with Crippen LogP contribution in [0.15, 0.2) is 24.3 Å². The molecule has 1 fully saturated rings. The van der Waals surface area contributed by atoms with Gasteiger partial charge in [-0.15, -0.1) is 0 Å². The van der Waals surface area contributed by atoms with Crippen LogP contribution in [0.4, 0.5) is 5.69 Å². The summed E-state index contributed by atoms with van der Waals surface area (Å²) in [4.78, 5) is 11.7. The molecule has 1 saturated heterocycles. The first-order valence-electron chi connectivity index (χ1n) is 5.09. The number of anilines is 1. The van der Waals surface area contributed by atoms with Gasteiger partial charge in [0.25, 0.3) is 0 Å². The average Bonchev–Trinajstić information content (AvgIpc) is 2.74. The predicted octanol–water partition coefficient (Wildman–Crippen LogP) is 1.08. The van der Waals surface area contributed by atoms with Gasteiger partial charge in [-0.05, 0) is 31.5 Å². The standard InChI is InChI=1S/C11H14N2O2/c14-10-6-2-1-4-8(10)13-11(15)9-5-3-7-12-9/h1-2,4,6,9,12,14H,3,5,7H2,(H,13,15)/t9-/m0/s1. The summed E-state index contributed by atoms with van der Waals surface area (Å²) in [6.45, 7) is 0.888. The molecule has 15 heavy (non-hydrogen) atoms. The molecule has 80 valence electrons. The lowest BCUT2D eigenvalue weighted by atomic mass is 10.2. The summed E-state index contributed by atoms with van der Waals surface area (Å²) in [5.74, 6) is 0.0258. The Kier molecular flexibility index (Phi) is 2.87. The van der Waals surface area contributed by atoms with Gasteiger partial charge in [0.15, 0.2) is 0 Å². The second-order valence-electron chi connectivity index (χ2n) is 3.66. The maximum atomic E-state index is 11.7. The molecule has 0 saturated carbocycles. The zero-order valence-corrected chi connectivity index (χ0v) is 8.36. The molecule has 0 spiro atoms. The highest BCUT2D eigenvalue weighted by Gasteiger charge is 2.22. The van der Waals surface area contributed by atoms with E-state index in [1.165, 1.54) is 0 Å². The Morgan fingerprint density at radius 3 is 2.93 bits per heavy atom. The van der Waals surface area contributed by atoms with E-state index < -0.39 is 0 Å². The van der Waals surface area contributed by atoms with E-state index in [0.29, 0.717) is 5.69 Å². The lowest BCUT2D eigenvalue weighted by molar-refractivity contribution is -0.117. The van der Waals surface area contributed by atoms with Gasteiger partial charge in [0.1, 0.15) is 5.75 Å². The molecule has 1 aromatic carbocycles. The van der Waals surface area contributed by atoms with Crippen molar-refractivity contribution in [3.63, 3.8) is 0 Å². The van der Waals surface area contributed by atoms with Crippen molar-refractivity contribution in [2.45, 2.75) is 18.9 Å². The molecule has 4 nitrogen and oxygen atoms in total. The fourth-order valence-electron chi connectivity index (χ4n) is 1.71. The fraction of sp³-hybridized carbons (Fsp3) is 0.364. The molecule has 1 aliphatic heterocycles. The van der Waals surface area contributed by atoms with Crippen LogP contribution < -0.4 is 10.6 Å². The lowest BCUT2D eigenvalue weighted by Gasteiger charge is -2.11. The highest BCUT2D eigenvalue weighted by Crippen LogP contribution is 2.22. The SMILES string of the molecule is O=C(Nc1ccccc1O)[C@@H]1CCCN1. The van der Waals surface area contributed by atoms with Crippen LogP contribution in [0, 0.1) is 0 Å². The number of hydrogen-bond acceptors (Lipinski definition) is 3. The number of amides is 1. The first-order valence-corrected chi connectivity index (χ1v) is 5.09. The second-order valence-corrected chi connectivity index (χ2v) is 3.66. The topological polar surface area (TPSA) is 61.4 Å². The average molecular weight is 206 g/mol. The van der Waals surface area contributed by atoms with E-state index in [-0.39, 0.29) is 17.7 Å². The Bertz CT molecular complexity index is 359. The van der Waals surface area contributed by atoms with E-state index in [1.807, 2.05) is 0 Å². The van der Waals surface area contributed by atoms with Crippen molar-refractivity contribution in [2.24, 2.45) is 0 Å². The lowest BCUT2D eigenvalue weighted by Crippen LogP contribution is -2.35. The minimum absolute atomic E-state index is 0.0750. The van der Waals surface area contributed by atoms with Gasteiger partial charge in [0, 0.05) is 0 Å². The van der Waals surface area contributed by atoms with E-state index in [9.17, 15) is 9.90 Å². The van der Waals surface area contributed by atoms with E-state index in [4.69, 9.17) is 0 Å². The molecular weight excluding hydrogens is 192 g/mol. The van der Waals surface area contributed by atoms with Crippen molar-refractivity contribution in [1.29, 1.82) is 0 Å². The van der Waals surface area contributed by atoms with Crippen LogP contribution in [0.25, 0.3) is 0 Å². The second kappa shape index (κ2) is 4.31. The van der Waals surface area contributed by atoms with Gasteiger partial charge in [-0.1, -0.05) is 12.1 Å². The summed E-state index contributed by atoms with van der Waals surface area (Å²) in [6, 6.07) is 6.61. The van der Waals surface area contributed by atoms with Crippen LogP contribution in [0.3, 0.4) is 0 Å². The Hall–Kier alpha value is -1.55. The summed E-state index contributed by atoms with van der Waals surface area (Å²) in [5, 5.41) is 15.3. The van der Waals surface area contributed by atoms with E-state index in [1.54, 1.807) is 24.3 Å². The Morgan fingerprint density at radius 2 is 2.27 bits per heavy atom. The Balaban J connectivity index is 2.02. The smallest absolute Gasteiger partial charge is 0.241 e. The molecule has 1 heterocycles. The first kappa shape index (κ1) is 9.98. The van der Waals surface area contributed by atoms with Crippen molar-refractivity contribution < 1.29 is 9.90 Å². The molecule has 1 aliphatic rings. The highest BCUT2D eigenvalue weighted by atomic mass is 16.3. The van der Waals surface area contributed by atoms with Gasteiger partial charge in [0.05, 0.1) is 11.7 Å². The van der Waals surface area contributed by atoms with Crippen molar-refractivity contribution >= 4 is 11.6 Å². The Morgan fingerprint density at radius 1 is 1.47 bits per heavy atom. The van der Waals surface area contributed by atoms with Crippen LogP contribution in [-0.4, -0.2) is 23.6 Å². The molecule has 1 amide bonds. The van der Waals surface area contributed by atoms with Gasteiger partial charge < -0.3 is 15.7 Å². The van der Waals surface area contributed by atoms with Gasteiger partial charge >= 0.3 is 0 Å². The summed E-state index contributed by atoms with van der Waals surface area (Å²) >= 11 is 0. The van der Waals surface area contributed by atoms with Crippen LogP contribution in [-0.2, 0) is 4.79 Å². The molecule has 0 aromatic heterocycles. The minimum atomic E-state index is -0.121. The molecular formula is C11H14N2O2. The third-order valence-electron chi connectivity index (χ3n) is 2.54. The van der Waals surface area contributed by atoms with Crippen LogP contribution in [0.5, 0.6) is 5.75 Å². The number of benzene rings is 1. The third kappa shape index (κ3) is 2.27. The quantitative estimate of drug-likeness (QED) is 0.635. The largest absolute Gasteiger partial charge is 0.506 e. The molecule has 0 bridgehead atoms. The third-order valence-corrected chi connectivity index (χ3v) is 2.54. The number of carbonyl (C=O) groups excluding carboxylic acids is 1. The number of para-hydroxylation sites is 2. The molecule has 0 unspecified atom stereocenters.